The highest BCUT2D eigenvalue weighted by molar-refractivity contribution is 5.76. The Morgan fingerprint density at radius 3 is 2.86 bits per heavy atom. The van der Waals surface area contributed by atoms with Crippen molar-refractivity contribution in [3.05, 3.63) is 35.4 Å². The summed E-state index contributed by atoms with van der Waals surface area (Å²) in [6.07, 6.45) is 3.32. The minimum atomic E-state index is -0.847. The summed E-state index contributed by atoms with van der Waals surface area (Å²) in [5.74, 6) is -1.57. The van der Waals surface area contributed by atoms with Crippen molar-refractivity contribution >= 4 is 5.91 Å². The first kappa shape index (κ1) is 15.9. The molecule has 1 atom stereocenters. The van der Waals surface area contributed by atoms with Crippen molar-refractivity contribution in [1.82, 2.24) is 10.2 Å². The van der Waals surface area contributed by atoms with E-state index in [4.69, 9.17) is 0 Å². The number of benzene rings is 1. The number of carbonyl (C=O) groups excluding carboxylic acids is 1. The van der Waals surface area contributed by atoms with Crippen LogP contribution in [0.2, 0.25) is 0 Å². The third-order valence-electron chi connectivity index (χ3n) is 3.82. The van der Waals surface area contributed by atoms with E-state index in [1.807, 2.05) is 6.92 Å². The lowest BCUT2D eigenvalue weighted by atomic mass is 10.0. The SMILES string of the molecule is CCCNC(CN1CCCCC1=O)c1cccc(F)c1F. The van der Waals surface area contributed by atoms with Gasteiger partial charge >= 0.3 is 0 Å². The molecule has 0 radical (unpaired) electrons. The van der Waals surface area contributed by atoms with E-state index in [1.165, 1.54) is 6.07 Å². The Labute approximate surface area is 124 Å². The van der Waals surface area contributed by atoms with Crippen LogP contribution in [0.4, 0.5) is 8.78 Å². The number of hydrogen-bond donors (Lipinski definition) is 1. The summed E-state index contributed by atoms with van der Waals surface area (Å²) in [7, 11) is 0. The van der Waals surface area contributed by atoms with Crippen LogP contribution in [0.3, 0.4) is 0 Å². The molecular formula is C16H22F2N2O. The van der Waals surface area contributed by atoms with E-state index in [0.717, 1.165) is 25.3 Å². The van der Waals surface area contributed by atoms with Gasteiger partial charge in [0.1, 0.15) is 0 Å². The second kappa shape index (κ2) is 7.50. The van der Waals surface area contributed by atoms with Gasteiger partial charge in [0.2, 0.25) is 5.91 Å². The summed E-state index contributed by atoms with van der Waals surface area (Å²) >= 11 is 0. The highest BCUT2D eigenvalue weighted by Gasteiger charge is 2.24. The molecule has 1 aromatic carbocycles. The van der Waals surface area contributed by atoms with Gasteiger partial charge in [0.05, 0.1) is 6.04 Å². The largest absolute Gasteiger partial charge is 0.341 e. The van der Waals surface area contributed by atoms with Gasteiger partial charge in [-0.15, -0.1) is 0 Å². The summed E-state index contributed by atoms with van der Waals surface area (Å²) in [6.45, 7) is 3.79. The van der Waals surface area contributed by atoms with E-state index in [1.54, 1.807) is 11.0 Å². The molecule has 116 valence electrons. The third-order valence-corrected chi connectivity index (χ3v) is 3.82. The maximum atomic E-state index is 14.0. The van der Waals surface area contributed by atoms with Gasteiger partial charge in [0.25, 0.3) is 0 Å². The quantitative estimate of drug-likeness (QED) is 0.875. The number of likely N-dealkylation sites (tertiary alicyclic amines) is 1. The molecule has 1 saturated heterocycles. The Morgan fingerprint density at radius 2 is 2.14 bits per heavy atom. The van der Waals surface area contributed by atoms with Crippen molar-refractivity contribution in [2.24, 2.45) is 0 Å². The lowest BCUT2D eigenvalue weighted by molar-refractivity contribution is -0.133. The number of rotatable bonds is 6. The molecule has 1 unspecified atom stereocenters. The molecule has 3 nitrogen and oxygen atoms in total. The summed E-state index contributed by atoms with van der Waals surface area (Å²) < 4.78 is 27.4. The fourth-order valence-corrected chi connectivity index (χ4v) is 2.66. The minimum Gasteiger partial charge on any atom is -0.341 e. The van der Waals surface area contributed by atoms with Gasteiger partial charge in [-0.2, -0.15) is 0 Å². The van der Waals surface area contributed by atoms with Gasteiger partial charge in [-0.05, 0) is 31.9 Å². The van der Waals surface area contributed by atoms with Crippen LogP contribution in [0.1, 0.15) is 44.2 Å². The van der Waals surface area contributed by atoms with Crippen molar-refractivity contribution in [3.63, 3.8) is 0 Å². The number of nitrogens with zero attached hydrogens (tertiary/aromatic N) is 1. The Kier molecular flexibility index (Phi) is 5.67. The van der Waals surface area contributed by atoms with E-state index in [9.17, 15) is 13.6 Å². The van der Waals surface area contributed by atoms with Crippen LogP contribution in [-0.4, -0.2) is 30.4 Å². The number of hydrogen-bond acceptors (Lipinski definition) is 2. The first-order chi connectivity index (χ1) is 10.1. The third kappa shape index (κ3) is 4.00. The smallest absolute Gasteiger partial charge is 0.222 e. The molecule has 1 aliphatic rings. The minimum absolute atomic E-state index is 0.0985. The lowest BCUT2D eigenvalue weighted by Crippen LogP contribution is -2.42. The molecule has 1 fully saturated rings. The molecule has 0 bridgehead atoms. The zero-order chi connectivity index (χ0) is 15.2. The highest BCUT2D eigenvalue weighted by atomic mass is 19.2. The van der Waals surface area contributed by atoms with E-state index in [2.05, 4.69) is 5.32 Å². The van der Waals surface area contributed by atoms with Crippen molar-refractivity contribution in [2.45, 2.75) is 38.6 Å². The number of amides is 1. The number of carbonyl (C=O) groups is 1. The van der Waals surface area contributed by atoms with Crippen LogP contribution < -0.4 is 5.32 Å². The second-order valence-corrected chi connectivity index (χ2v) is 5.45. The average molecular weight is 296 g/mol. The molecule has 21 heavy (non-hydrogen) atoms. The predicted octanol–water partition coefficient (Wildman–Crippen LogP) is 3.02. The lowest BCUT2D eigenvalue weighted by Gasteiger charge is -2.31. The first-order valence-electron chi connectivity index (χ1n) is 7.58. The van der Waals surface area contributed by atoms with Gasteiger partial charge in [-0.1, -0.05) is 19.1 Å². The Bertz CT molecular complexity index is 493. The fraction of sp³-hybridized carbons (Fsp3) is 0.562. The summed E-state index contributed by atoms with van der Waals surface area (Å²) in [5, 5.41) is 3.22. The molecule has 2 rings (SSSR count). The van der Waals surface area contributed by atoms with Crippen molar-refractivity contribution in [1.29, 1.82) is 0 Å². The van der Waals surface area contributed by atoms with Crippen LogP contribution >= 0.6 is 0 Å². The van der Waals surface area contributed by atoms with E-state index >= 15 is 0 Å². The van der Waals surface area contributed by atoms with Gasteiger partial charge in [-0.3, -0.25) is 4.79 Å². The van der Waals surface area contributed by atoms with Crippen molar-refractivity contribution < 1.29 is 13.6 Å². The number of nitrogens with one attached hydrogen (secondary N) is 1. The van der Waals surface area contributed by atoms with E-state index in [-0.39, 0.29) is 11.9 Å². The van der Waals surface area contributed by atoms with Gasteiger partial charge < -0.3 is 10.2 Å². The molecular weight excluding hydrogens is 274 g/mol. The molecule has 1 heterocycles. The molecule has 1 N–H and O–H groups in total. The van der Waals surface area contributed by atoms with Crippen LogP contribution in [-0.2, 0) is 4.79 Å². The summed E-state index contributed by atoms with van der Waals surface area (Å²) in [5.41, 5.74) is 0.293. The standard InChI is InChI=1S/C16H22F2N2O/c1-2-9-19-14(11-20-10-4-3-8-15(20)21)12-6-5-7-13(17)16(12)18/h5-7,14,19H,2-4,8-11H2,1H3. The second-order valence-electron chi connectivity index (χ2n) is 5.45. The predicted molar refractivity (Wildman–Crippen MR) is 77.8 cm³/mol. The van der Waals surface area contributed by atoms with Gasteiger partial charge in [-0.25, -0.2) is 8.78 Å². The molecule has 0 aliphatic carbocycles. The average Bonchev–Trinajstić information content (AvgIpc) is 2.48. The molecule has 0 spiro atoms. The van der Waals surface area contributed by atoms with Gasteiger partial charge in [0, 0.05) is 25.1 Å². The number of piperidine rings is 1. The first-order valence-corrected chi connectivity index (χ1v) is 7.58. The summed E-state index contributed by atoms with van der Waals surface area (Å²) in [6, 6.07) is 3.83. The Balaban J connectivity index is 2.17. The molecule has 1 aliphatic heterocycles. The van der Waals surface area contributed by atoms with E-state index in [0.29, 0.717) is 31.6 Å². The Hall–Kier alpha value is -1.49. The highest BCUT2D eigenvalue weighted by Crippen LogP contribution is 2.22. The molecule has 0 aromatic heterocycles. The zero-order valence-corrected chi connectivity index (χ0v) is 12.4. The maximum absolute atomic E-state index is 14.0. The molecule has 1 amide bonds. The maximum Gasteiger partial charge on any atom is 0.222 e. The molecule has 0 saturated carbocycles. The van der Waals surface area contributed by atoms with Crippen molar-refractivity contribution in [3.8, 4) is 0 Å². The van der Waals surface area contributed by atoms with Gasteiger partial charge in [0.15, 0.2) is 11.6 Å². The van der Waals surface area contributed by atoms with Crippen molar-refractivity contribution in [2.75, 3.05) is 19.6 Å². The van der Waals surface area contributed by atoms with E-state index < -0.39 is 11.6 Å². The van der Waals surface area contributed by atoms with Crippen LogP contribution in [0.25, 0.3) is 0 Å². The molecule has 5 heteroatoms. The normalized spacial score (nSPS) is 17.1. The fourth-order valence-electron chi connectivity index (χ4n) is 2.66. The van der Waals surface area contributed by atoms with Crippen LogP contribution in [0.5, 0.6) is 0 Å². The number of halogens is 2. The topological polar surface area (TPSA) is 32.3 Å². The monoisotopic (exact) mass is 296 g/mol. The molecule has 1 aromatic rings. The zero-order valence-electron chi connectivity index (χ0n) is 12.4. The van der Waals surface area contributed by atoms with Crippen LogP contribution in [0, 0.1) is 11.6 Å². The van der Waals surface area contributed by atoms with Crippen LogP contribution in [0.15, 0.2) is 18.2 Å². The summed E-state index contributed by atoms with van der Waals surface area (Å²) in [4.78, 5) is 13.7. The Morgan fingerprint density at radius 1 is 1.33 bits per heavy atom.